The Bertz CT molecular complexity index is 103. The molecular weight excluding hydrogens is 216 g/mol. The topological polar surface area (TPSA) is 12.5 Å². The molecule has 1 aliphatic heterocycles. The number of rotatable bonds is 10. The van der Waals surface area contributed by atoms with Crippen LogP contribution in [0.15, 0.2) is 0 Å². The molecule has 0 N–H and O–H groups in total. The van der Waals surface area contributed by atoms with Crippen LogP contribution >= 0.6 is 12.6 Å². The van der Waals surface area contributed by atoms with Crippen LogP contribution in [0.5, 0.6) is 0 Å². The number of epoxide rings is 1. The molecule has 1 heterocycles. The van der Waals surface area contributed by atoms with Gasteiger partial charge in [-0.15, -0.1) is 0 Å². The summed E-state index contributed by atoms with van der Waals surface area (Å²) in [5.74, 6) is 1.07. The highest BCUT2D eigenvalue weighted by molar-refractivity contribution is 7.80. The summed E-state index contributed by atoms with van der Waals surface area (Å²) in [5.41, 5.74) is 0. The van der Waals surface area contributed by atoms with Crippen molar-refractivity contribution < 1.29 is 4.74 Å². The van der Waals surface area contributed by atoms with Crippen LogP contribution in [0, 0.1) is 0 Å². The van der Waals surface area contributed by atoms with E-state index in [2.05, 4.69) is 24.3 Å². The third kappa shape index (κ3) is 19.8. The van der Waals surface area contributed by atoms with Crippen molar-refractivity contribution in [2.24, 2.45) is 0 Å². The summed E-state index contributed by atoms with van der Waals surface area (Å²) in [7, 11) is 0. The molecule has 98 valence electrons. The first-order valence-corrected chi connectivity index (χ1v) is 7.73. The van der Waals surface area contributed by atoms with E-state index in [0.717, 1.165) is 19.0 Å². The second kappa shape index (κ2) is 15.3. The summed E-state index contributed by atoms with van der Waals surface area (Å²) in [4.78, 5) is 0. The van der Waals surface area contributed by atoms with Crippen molar-refractivity contribution in [2.75, 3.05) is 19.0 Å². The van der Waals surface area contributed by atoms with Crippen molar-refractivity contribution in [2.45, 2.75) is 71.1 Å². The zero-order valence-corrected chi connectivity index (χ0v) is 11.9. The van der Waals surface area contributed by atoms with Crippen LogP contribution < -0.4 is 0 Å². The van der Waals surface area contributed by atoms with E-state index in [1.54, 1.807) is 0 Å². The van der Waals surface area contributed by atoms with Crippen LogP contribution in [-0.2, 0) is 4.74 Å². The van der Waals surface area contributed by atoms with Gasteiger partial charge in [-0.2, -0.15) is 12.6 Å². The standard InChI is InChI=1S/C12H26S.C2H4O/c1-2-3-4-5-6-7-8-9-10-11-12-13;1-2-3-1/h13H,2-12H2,1H3;1-2H2. The van der Waals surface area contributed by atoms with E-state index in [1.807, 2.05) is 0 Å². The Morgan fingerprint density at radius 3 is 1.44 bits per heavy atom. The largest absolute Gasteiger partial charge is 0.377 e. The lowest BCUT2D eigenvalue weighted by atomic mass is 10.1. The van der Waals surface area contributed by atoms with Crippen molar-refractivity contribution in [1.29, 1.82) is 0 Å². The molecule has 0 radical (unpaired) electrons. The molecule has 0 aliphatic carbocycles. The van der Waals surface area contributed by atoms with Crippen LogP contribution in [0.25, 0.3) is 0 Å². The molecule has 2 heteroatoms. The maximum absolute atomic E-state index is 4.50. The van der Waals surface area contributed by atoms with E-state index in [1.165, 1.54) is 64.2 Å². The van der Waals surface area contributed by atoms with Crippen molar-refractivity contribution in [3.63, 3.8) is 0 Å². The molecule has 1 fully saturated rings. The third-order valence-electron chi connectivity index (χ3n) is 2.72. The predicted octanol–water partition coefficient (Wildman–Crippen LogP) is 4.85. The van der Waals surface area contributed by atoms with Crippen LogP contribution in [0.4, 0.5) is 0 Å². The van der Waals surface area contributed by atoms with Gasteiger partial charge in [0, 0.05) is 0 Å². The molecule has 0 aromatic heterocycles. The molecule has 0 atom stereocenters. The molecule has 1 aliphatic rings. The molecule has 0 spiro atoms. The zero-order chi connectivity index (χ0) is 11.9. The Hall–Kier alpha value is 0.310. The lowest BCUT2D eigenvalue weighted by molar-refractivity contribution is 0.475. The SMILES string of the molecule is C1CO1.CCCCCCCCCCCCS. The summed E-state index contributed by atoms with van der Waals surface area (Å²) in [6.07, 6.45) is 14.2. The minimum atomic E-state index is 1.00. The fourth-order valence-corrected chi connectivity index (χ4v) is 1.82. The zero-order valence-electron chi connectivity index (χ0n) is 11.0. The van der Waals surface area contributed by atoms with E-state index in [0.29, 0.717) is 0 Å². The lowest BCUT2D eigenvalue weighted by Gasteiger charge is -2.00. The quantitative estimate of drug-likeness (QED) is 0.330. The van der Waals surface area contributed by atoms with E-state index >= 15 is 0 Å². The maximum Gasteiger partial charge on any atom is 0.0701 e. The second-order valence-corrected chi connectivity index (χ2v) is 4.97. The molecule has 1 saturated heterocycles. The summed E-state index contributed by atoms with van der Waals surface area (Å²) in [5, 5.41) is 0. The van der Waals surface area contributed by atoms with Crippen LogP contribution in [0.3, 0.4) is 0 Å². The van der Waals surface area contributed by atoms with Gasteiger partial charge in [-0.25, -0.2) is 0 Å². The number of hydrogen-bond donors (Lipinski definition) is 1. The van der Waals surface area contributed by atoms with Crippen molar-refractivity contribution in [3.05, 3.63) is 0 Å². The van der Waals surface area contributed by atoms with Gasteiger partial charge in [0.1, 0.15) is 0 Å². The van der Waals surface area contributed by atoms with Crippen molar-refractivity contribution >= 4 is 12.6 Å². The van der Waals surface area contributed by atoms with E-state index in [9.17, 15) is 0 Å². The smallest absolute Gasteiger partial charge is 0.0701 e. The Morgan fingerprint density at radius 1 is 0.750 bits per heavy atom. The van der Waals surface area contributed by atoms with E-state index in [4.69, 9.17) is 0 Å². The van der Waals surface area contributed by atoms with Gasteiger partial charge in [-0.3, -0.25) is 0 Å². The Labute approximate surface area is 108 Å². The Morgan fingerprint density at radius 2 is 1.12 bits per heavy atom. The molecule has 16 heavy (non-hydrogen) atoms. The molecule has 1 nitrogen and oxygen atoms in total. The molecule has 0 aromatic carbocycles. The average molecular weight is 246 g/mol. The van der Waals surface area contributed by atoms with E-state index < -0.39 is 0 Å². The van der Waals surface area contributed by atoms with Crippen molar-refractivity contribution in [1.82, 2.24) is 0 Å². The Kier molecular flexibility index (Phi) is 15.6. The minimum Gasteiger partial charge on any atom is -0.377 e. The van der Waals surface area contributed by atoms with Gasteiger partial charge in [0.25, 0.3) is 0 Å². The summed E-state index contributed by atoms with van der Waals surface area (Å²) < 4.78 is 4.50. The van der Waals surface area contributed by atoms with Gasteiger partial charge in [0.05, 0.1) is 13.2 Å². The average Bonchev–Trinajstić information content (AvgIpc) is 3.14. The molecule has 0 saturated carbocycles. The van der Waals surface area contributed by atoms with Gasteiger partial charge < -0.3 is 4.74 Å². The third-order valence-corrected chi connectivity index (χ3v) is 3.03. The number of hydrogen-bond acceptors (Lipinski definition) is 2. The highest BCUT2D eigenvalue weighted by Gasteiger charge is 1.94. The molecule has 0 bridgehead atoms. The molecule has 1 rings (SSSR count). The van der Waals surface area contributed by atoms with Gasteiger partial charge >= 0.3 is 0 Å². The normalized spacial score (nSPS) is 13.1. The number of thiol groups is 1. The molecule has 0 aromatic rings. The summed E-state index contributed by atoms with van der Waals surface area (Å²) in [6, 6.07) is 0. The van der Waals surface area contributed by atoms with E-state index in [-0.39, 0.29) is 0 Å². The monoisotopic (exact) mass is 246 g/mol. The Balaban J connectivity index is 0.000000635. The molecular formula is C14H30OS. The van der Waals surface area contributed by atoms with Crippen LogP contribution in [0.1, 0.15) is 71.1 Å². The predicted molar refractivity (Wildman–Crippen MR) is 76.5 cm³/mol. The number of ether oxygens (including phenoxy) is 1. The fourth-order valence-electron chi connectivity index (χ4n) is 1.60. The van der Waals surface area contributed by atoms with Gasteiger partial charge in [0.15, 0.2) is 0 Å². The summed E-state index contributed by atoms with van der Waals surface area (Å²) in [6.45, 7) is 4.28. The fraction of sp³-hybridized carbons (Fsp3) is 1.00. The first-order valence-electron chi connectivity index (χ1n) is 7.10. The summed E-state index contributed by atoms with van der Waals surface area (Å²) >= 11 is 4.20. The molecule has 0 amide bonds. The highest BCUT2D eigenvalue weighted by atomic mass is 32.1. The first kappa shape index (κ1) is 16.3. The number of unbranched alkanes of at least 4 members (excludes halogenated alkanes) is 9. The highest BCUT2D eigenvalue weighted by Crippen LogP contribution is 2.10. The maximum atomic E-state index is 4.50. The van der Waals surface area contributed by atoms with Crippen LogP contribution in [-0.4, -0.2) is 19.0 Å². The molecule has 0 unspecified atom stereocenters. The van der Waals surface area contributed by atoms with Crippen molar-refractivity contribution in [3.8, 4) is 0 Å². The minimum absolute atomic E-state index is 1.00. The van der Waals surface area contributed by atoms with Gasteiger partial charge in [0.2, 0.25) is 0 Å². The lowest BCUT2D eigenvalue weighted by Crippen LogP contribution is -1.81. The van der Waals surface area contributed by atoms with Gasteiger partial charge in [-0.05, 0) is 12.2 Å². The second-order valence-electron chi connectivity index (χ2n) is 4.52. The van der Waals surface area contributed by atoms with Gasteiger partial charge in [-0.1, -0.05) is 64.7 Å². The van der Waals surface area contributed by atoms with Crippen LogP contribution in [0.2, 0.25) is 0 Å². The first-order chi connectivity index (χ1) is 7.91.